The van der Waals surface area contributed by atoms with E-state index in [1.54, 1.807) is 22.9 Å². The molecule has 1 fully saturated rings. The maximum Gasteiger partial charge on any atom is 0.276 e. The van der Waals surface area contributed by atoms with Crippen LogP contribution in [0.15, 0.2) is 35.4 Å². The third-order valence-corrected chi connectivity index (χ3v) is 4.07. The van der Waals surface area contributed by atoms with Crippen LogP contribution in [0.3, 0.4) is 0 Å². The summed E-state index contributed by atoms with van der Waals surface area (Å²) in [5.41, 5.74) is 0.884. The first-order valence-corrected chi connectivity index (χ1v) is 7.95. The molecular formula is C16H21N5O2. The highest BCUT2D eigenvalue weighted by Gasteiger charge is 2.17. The molecule has 7 nitrogen and oxygen atoms in total. The summed E-state index contributed by atoms with van der Waals surface area (Å²) in [6, 6.07) is 5.08. The number of aromatic nitrogens is 3. The highest BCUT2D eigenvalue weighted by atomic mass is 16.2. The summed E-state index contributed by atoms with van der Waals surface area (Å²) in [7, 11) is 0. The van der Waals surface area contributed by atoms with Gasteiger partial charge in [0.25, 0.3) is 11.5 Å². The van der Waals surface area contributed by atoms with Crippen molar-refractivity contribution in [2.75, 3.05) is 18.4 Å². The molecule has 2 aromatic rings. The number of hydrogen-bond acceptors (Lipinski definition) is 4. The smallest absolute Gasteiger partial charge is 0.276 e. The molecule has 1 aliphatic rings. The molecule has 2 N–H and O–H groups in total. The van der Waals surface area contributed by atoms with Gasteiger partial charge in [-0.2, -0.15) is 5.10 Å². The van der Waals surface area contributed by atoms with Crippen molar-refractivity contribution >= 4 is 11.6 Å². The van der Waals surface area contributed by atoms with Crippen molar-refractivity contribution in [3.05, 3.63) is 46.6 Å². The normalized spacial score (nSPS) is 17.9. The fourth-order valence-corrected chi connectivity index (χ4v) is 2.77. The van der Waals surface area contributed by atoms with Crippen LogP contribution in [0.25, 0.3) is 0 Å². The van der Waals surface area contributed by atoms with Crippen LogP contribution in [0.5, 0.6) is 0 Å². The highest BCUT2D eigenvalue weighted by molar-refractivity contribution is 6.02. The van der Waals surface area contributed by atoms with E-state index in [-0.39, 0.29) is 11.5 Å². The second kappa shape index (κ2) is 6.78. The SMILES string of the molecule is CCn1cc(NC(=O)c2ccn(C3CCCNC3)n2)ccc1=O. The molecule has 1 atom stereocenters. The molecule has 7 heteroatoms. The molecule has 1 unspecified atom stereocenters. The fraction of sp³-hybridized carbons (Fsp3) is 0.438. The summed E-state index contributed by atoms with van der Waals surface area (Å²) < 4.78 is 3.40. The molecule has 2 aromatic heterocycles. The van der Waals surface area contributed by atoms with Crippen molar-refractivity contribution in [2.24, 2.45) is 0 Å². The van der Waals surface area contributed by atoms with Crippen LogP contribution in [0.4, 0.5) is 5.69 Å². The van der Waals surface area contributed by atoms with Gasteiger partial charge < -0.3 is 15.2 Å². The van der Waals surface area contributed by atoms with Crippen LogP contribution in [0.1, 0.15) is 36.3 Å². The Bertz CT molecular complexity index is 743. The zero-order valence-corrected chi connectivity index (χ0v) is 13.2. The third-order valence-electron chi connectivity index (χ3n) is 4.07. The number of aryl methyl sites for hydroxylation is 1. The first-order chi connectivity index (χ1) is 11.2. The van der Waals surface area contributed by atoms with Crippen molar-refractivity contribution < 1.29 is 4.79 Å². The second-order valence-electron chi connectivity index (χ2n) is 5.68. The lowest BCUT2D eigenvalue weighted by Gasteiger charge is -2.22. The van der Waals surface area contributed by atoms with Gasteiger partial charge in [-0.3, -0.25) is 14.3 Å². The van der Waals surface area contributed by atoms with Crippen LogP contribution in [0.2, 0.25) is 0 Å². The topological polar surface area (TPSA) is 81.0 Å². The number of carbonyl (C=O) groups is 1. The highest BCUT2D eigenvalue weighted by Crippen LogP contribution is 2.16. The predicted molar refractivity (Wildman–Crippen MR) is 87.7 cm³/mol. The summed E-state index contributed by atoms with van der Waals surface area (Å²) >= 11 is 0. The van der Waals surface area contributed by atoms with E-state index in [1.807, 2.05) is 17.8 Å². The summed E-state index contributed by atoms with van der Waals surface area (Å²) in [4.78, 5) is 23.9. The lowest BCUT2D eigenvalue weighted by molar-refractivity contribution is 0.102. The van der Waals surface area contributed by atoms with Gasteiger partial charge in [0.15, 0.2) is 5.69 Å². The van der Waals surface area contributed by atoms with E-state index in [9.17, 15) is 9.59 Å². The molecule has 1 saturated heterocycles. The molecule has 1 aliphatic heterocycles. The average molecular weight is 315 g/mol. The van der Waals surface area contributed by atoms with Crippen molar-refractivity contribution in [3.63, 3.8) is 0 Å². The minimum Gasteiger partial charge on any atom is -0.319 e. The molecular weight excluding hydrogens is 294 g/mol. The molecule has 1 amide bonds. The zero-order valence-electron chi connectivity index (χ0n) is 13.2. The lowest BCUT2D eigenvalue weighted by Crippen LogP contribution is -2.32. The molecule has 0 saturated carbocycles. The van der Waals surface area contributed by atoms with Gasteiger partial charge in [0.05, 0.1) is 11.7 Å². The van der Waals surface area contributed by atoms with Crippen molar-refractivity contribution in [2.45, 2.75) is 32.4 Å². The second-order valence-corrected chi connectivity index (χ2v) is 5.68. The van der Waals surface area contributed by atoms with Crippen molar-refractivity contribution in [3.8, 4) is 0 Å². The Kier molecular flexibility index (Phi) is 4.57. The first kappa shape index (κ1) is 15.5. The Hall–Kier alpha value is -2.41. The molecule has 122 valence electrons. The molecule has 0 aromatic carbocycles. The van der Waals surface area contributed by atoms with Gasteiger partial charge in [0.1, 0.15) is 0 Å². The number of hydrogen-bond donors (Lipinski definition) is 2. The first-order valence-electron chi connectivity index (χ1n) is 7.95. The summed E-state index contributed by atoms with van der Waals surface area (Å²) in [5.74, 6) is -0.270. The van der Waals surface area contributed by atoms with Crippen LogP contribution in [-0.4, -0.2) is 33.3 Å². The minimum absolute atomic E-state index is 0.0837. The van der Waals surface area contributed by atoms with Crippen LogP contribution < -0.4 is 16.2 Å². The number of rotatable bonds is 4. The number of nitrogens with zero attached hydrogens (tertiary/aromatic N) is 3. The van der Waals surface area contributed by atoms with Crippen LogP contribution in [0, 0.1) is 0 Å². The summed E-state index contributed by atoms with van der Waals surface area (Å²) in [6.07, 6.45) is 5.67. The van der Waals surface area contributed by atoms with E-state index in [4.69, 9.17) is 0 Å². The van der Waals surface area contributed by atoms with Gasteiger partial charge in [-0.1, -0.05) is 0 Å². The monoisotopic (exact) mass is 315 g/mol. The molecule has 0 spiro atoms. The largest absolute Gasteiger partial charge is 0.319 e. The number of piperidine rings is 1. The van der Waals surface area contributed by atoms with Gasteiger partial charge in [0.2, 0.25) is 0 Å². The maximum absolute atomic E-state index is 12.3. The Morgan fingerprint density at radius 1 is 1.43 bits per heavy atom. The van der Waals surface area contributed by atoms with Gasteiger partial charge >= 0.3 is 0 Å². The summed E-state index contributed by atoms with van der Waals surface area (Å²) in [5, 5.41) is 10.5. The molecule has 23 heavy (non-hydrogen) atoms. The predicted octanol–water partition coefficient (Wildman–Crippen LogP) is 1.24. The lowest BCUT2D eigenvalue weighted by atomic mass is 10.1. The van der Waals surface area contributed by atoms with E-state index in [1.165, 1.54) is 6.07 Å². The quantitative estimate of drug-likeness (QED) is 0.889. The van der Waals surface area contributed by atoms with Crippen molar-refractivity contribution in [1.82, 2.24) is 19.7 Å². The van der Waals surface area contributed by atoms with Crippen LogP contribution >= 0.6 is 0 Å². The van der Waals surface area contributed by atoms with Gasteiger partial charge in [-0.05, 0) is 38.4 Å². The molecule has 0 aliphatic carbocycles. The summed E-state index contributed by atoms with van der Waals surface area (Å²) in [6.45, 7) is 4.36. The fourth-order valence-electron chi connectivity index (χ4n) is 2.77. The number of amides is 1. The van der Waals surface area contributed by atoms with Gasteiger partial charge in [-0.15, -0.1) is 0 Å². The van der Waals surface area contributed by atoms with E-state index >= 15 is 0 Å². The van der Waals surface area contributed by atoms with Gasteiger partial charge in [-0.25, -0.2) is 0 Å². The Labute approximate surface area is 134 Å². The zero-order chi connectivity index (χ0) is 16.2. The number of pyridine rings is 1. The average Bonchev–Trinajstić information content (AvgIpc) is 3.07. The standard InChI is InChI=1S/C16H21N5O2/c1-2-20-11-12(5-6-15(20)22)18-16(23)14-7-9-21(19-14)13-4-3-8-17-10-13/h5-7,9,11,13,17H,2-4,8,10H2,1H3,(H,18,23). The van der Waals surface area contributed by atoms with E-state index in [0.29, 0.717) is 24.0 Å². The number of carbonyl (C=O) groups excluding carboxylic acids is 1. The van der Waals surface area contributed by atoms with E-state index in [2.05, 4.69) is 15.7 Å². The van der Waals surface area contributed by atoms with E-state index < -0.39 is 0 Å². The van der Waals surface area contributed by atoms with E-state index in [0.717, 1.165) is 25.9 Å². The Morgan fingerprint density at radius 2 is 2.30 bits per heavy atom. The van der Waals surface area contributed by atoms with Crippen molar-refractivity contribution in [1.29, 1.82) is 0 Å². The van der Waals surface area contributed by atoms with Crippen LogP contribution in [-0.2, 0) is 6.54 Å². The van der Waals surface area contributed by atoms with Gasteiger partial charge in [0, 0.05) is 31.5 Å². The Balaban J connectivity index is 1.71. The molecule has 0 bridgehead atoms. The number of anilines is 1. The molecule has 3 heterocycles. The molecule has 3 rings (SSSR count). The molecule has 0 radical (unpaired) electrons. The minimum atomic E-state index is -0.270. The number of nitrogens with one attached hydrogen (secondary N) is 2. The Morgan fingerprint density at radius 3 is 3.04 bits per heavy atom. The third kappa shape index (κ3) is 3.50. The maximum atomic E-state index is 12.3.